The highest BCUT2D eigenvalue weighted by Gasteiger charge is 2.18. The van der Waals surface area contributed by atoms with Gasteiger partial charge in [-0.1, -0.05) is 12.8 Å². The van der Waals surface area contributed by atoms with Gasteiger partial charge in [0, 0.05) is 17.3 Å². The summed E-state index contributed by atoms with van der Waals surface area (Å²) in [5.41, 5.74) is 3.85. The van der Waals surface area contributed by atoms with E-state index in [0.29, 0.717) is 0 Å². The van der Waals surface area contributed by atoms with E-state index in [2.05, 4.69) is 31.0 Å². The molecule has 1 aromatic rings. The first-order chi connectivity index (χ1) is 6.25. The lowest BCUT2D eigenvalue weighted by atomic mass is 10.0. The Kier molecular flexibility index (Phi) is 2.34. The highest BCUT2D eigenvalue weighted by atomic mass is 14.7. The largest absolute Gasteiger partial charge is 0.258 e. The molecule has 0 aliphatic heterocycles. The summed E-state index contributed by atoms with van der Waals surface area (Å²) < 4.78 is 0. The van der Waals surface area contributed by atoms with E-state index >= 15 is 0 Å². The van der Waals surface area contributed by atoms with E-state index in [9.17, 15) is 0 Å². The molecule has 1 saturated carbocycles. The van der Waals surface area contributed by atoms with E-state index in [-0.39, 0.29) is 0 Å². The van der Waals surface area contributed by atoms with Crippen LogP contribution in [-0.4, -0.2) is 4.98 Å². The quantitative estimate of drug-likeness (QED) is 0.637. The van der Waals surface area contributed by atoms with E-state index in [1.807, 2.05) is 0 Å². The van der Waals surface area contributed by atoms with Gasteiger partial charge in [-0.05, 0) is 44.4 Å². The molecule has 0 amide bonds. The van der Waals surface area contributed by atoms with Crippen LogP contribution < -0.4 is 0 Å². The van der Waals surface area contributed by atoms with Gasteiger partial charge in [0.05, 0.1) is 0 Å². The second kappa shape index (κ2) is 3.49. The Hall–Kier alpha value is -0.850. The fraction of sp³-hybridized carbons (Fsp3) is 0.583. The lowest BCUT2D eigenvalue weighted by Gasteiger charge is -2.09. The molecule has 0 radical (unpaired) electrons. The third-order valence-electron chi connectivity index (χ3n) is 2.89. The predicted octanol–water partition coefficient (Wildman–Crippen LogP) is 3.36. The van der Waals surface area contributed by atoms with Crippen molar-refractivity contribution in [2.75, 3.05) is 0 Å². The number of nitrogens with zero attached hydrogens (tertiary/aromatic N) is 1. The molecular formula is C12H17N. The van der Waals surface area contributed by atoms with Gasteiger partial charge in [-0.25, -0.2) is 0 Å². The van der Waals surface area contributed by atoms with E-state index in [4.69, 9.17) is 0 Å². The Morgan fingerprint density at radius 1 is 1.15 bits per heavy atom. The zero-order valence-corrected chi connectivity index (χ0v) is 8.51. The Bertz CT molecular complexity index is 278. The molecule has 0 aromatic carbocycles. The second-order valence-electron chi connectivity index (χ2n) is 4.19. The van der Waals surface area contributed by atoms with Crippen LogP contribution in [0.5, 0.6) is 0 Å². The Morgan fingerprint density at radius 3 is 2.46 bits per heavy atom. The smallest absolute Gasteiger partial charge is 0.0440 e. The lowest BCUT2D eigenvalue weighted by Crippen LogP contribution is -1.98. The zero-order chi connectivity index (χ0) is 9.26. The van der Waals surface area contributed by atoms with Crippen molar-refractivity contribution in [2.24, 2.45) is 0 Å². The van der Waals surface area contributed by atoms with E-state index < -0.39 is 0 Å². The Morgan fingerprint density at radius 2 is 1.85 bits per heavy atom. The van der Waals surface area contributed by atoms with Crippen LogP contribution in [0.3, 0.4) is 0 Å². The molecule has 1 aliphatic rings. The number of hydrogen-bond donors (Lipinski definition) is 0. The van der Waals surface area contributed by atoms with Gasteiger partial charge in [-0.3, -0.25) is 4.98 Å². The summed E-state index contributed by atoms with van der Waals surface area (Å²) in [5, 5.41) is 0. The molecule has 1 nitrogen and oxygen atoms in total. The molecule has 1 aliphatic carbocycles. The van der Waals surface area contributed by atoms with Crippen LogP contribution in [0.25, 0.3) is 0 Å². The summed E-state index contributed by atoms with van der Waals surface area (Å²) in [6, 6.07) is 4.40. The van der Waals surface area contributed by atoms with Gasteiger partial charge in [-0.2, -0.15) is 0 Å². The summed E-state index contributed by atoms with van der Waals surface area (Å²) in [6.45, 7) is 4.25. The van der Waals surface area contributed by atoms with Crippen molar-refractivity contribution in [3.8, 4) is 0 Å². The molecule has 0 spiro atoms. The average molecular weight is 175 g/mol. The van der Waals surface area contributed by atoms with Crippen molar-refractivity contribution in [3.63, 3.8) is 0 Å². The highest BCUT2D eigenvalue weighted by Crippen LogP contribution is 2.33. The third kappa shape index (κ3) is 1.90. The Labute approximate surface area is 80.2 Å². The first-order valence-corrected chi connectivity index (χ1v) is 5.21. The molecular weight excluding hydrogens is 158 g/mol. The van der Waals surface area contributed by atoms with Crippen molar-refractivity contribution in [1.29, 1.82) is 0 Å². The molecule has 0 saturated heterocycles. The predicted molar refractivity (Wildman–Crippen MR) is 54.9 cm³/mol. The first kappa shape index (κ1) is 8.74. The molecule has 1 fully saturated rings. The monoisotopic (exact) mass is 175 g/mol. The number of pyridine rings is 1. The highest BCUT2D eigenvalue weighted by molar-refractivity contribution is 5.22. The standard InChI is InChI=1S/C12H17N/c1-9-7-10(2)13-12(8-9)11-5-3-4-6-11/h7-8,11H,3-6H2,1-2H3. The fourth-order valence-electron chi connectivity index (χ4n) is 2.30. The zero-order valence-electron chi connectivity index (χ0n) is 8.51. The van der Waals surface area contributed by atoms with Gasteiger partial charge in [-0.15, -0.1) is 0 Å². The Balaban J connectivity index is 2.28. The number of aryl methyl sites for hydroxylation is 2. The fourth-order valence-corrected chi connectivity index (χ4v) is 2.30. The molecule has 0 atom stereocenters. The van der Waals surface area contributed by atoms with Crippen LogP contribution in [0.15, 0.2) is 12.1 Å². The van der Waals surface area contributed by atoms with E-state index in [0.717, 1.165) is 5.92 Å². The first-order valence-electron chi connectivity index (χ1n) is 5.21. The molecule has 70 valence electrons. The minimum atomic E-state index is 0.749. The van der Waals surface area contributed by atoms with Crippen LogP contribution >= 0.6 is 0 Å². The summed E-state index contributed by atoms with van der Waals surface area (Å²) in [5.74, 6) is 0.749. The normalized spacial score (nSPS) is 18.0. The van der Waals surface area contributed by atoms with Crippen molar-refractivity contribution in [3.05, 3.63) is 29.1 Å². The molecule has 0 bridgehead atoms. The van der Waals surface area contributed by atoms with Crippen LogP contribution in [0.1, 0.15) is 48.6 Å². The maximum Gasteiger partial charge on any atom is 0.0440 e. The van der Waals surface area contributed by atoms with Crippen molar-refractivity contribution >= 4 is 0 Å². The third-order valence-corrected chi connectivity index (χ3v) is 2.89. The molecule has 1 heteroatoms. The average Bonchev–Trinajstić information content (AvgIpc) is 2.53. The lowest BCUT2D eigenvalue weighted by molar-refractivity contribution is 0.693. The van der Waals surface area contributed by atoms with Gasteiger partial charge >= 0.3 is 0 Å². The molecule has 1 heterocycles. The number of hydrogen-bond acceptors (Lipinski definition) is 1. The van der Waals surface area contributed by atoms with Gasteiger partial charge in [0.2, 0.25) is 0 Å². The number of rotatable bonds is 1. The van der Waals surface area contributed by atoms with E-state index in [1.54, 1.807) is 0 Å². The van der Waals surface area contributed by atoms with Crippen molar-refractivity contribution in [2.45, 2.75) is 45.4 Å². The van der Waals surface area contributed by atoms with Gasteiger partial charge in [0.25, 0.3) is 0 Å². The summed E-state index contributed by atoms with van der Waals surface area (Å²) >= 11 is 0. The molecule has 13 heavy (non-hydrogen) atoms. The van der Waals surface area contributed by atoms with Crippen LogP contribution in [0, 0.1) is 13.8 Å². The molecule has 2 rings (SSSR count). The van der Waals surface area contributed by atoms with Crippen molar-refractivity contribution in [1.82, 2.24) is 4.98 Å². The van der Waals surface area contributed by atoms with Crippen molar-refractivity contribution < 1.29 is 0 Å². The maximum atomic E-state index is 4.62. The second-order valence-corrected chi connectivity index (χ2v) is 4.19. The minimum Gasteiger partial charge on any atom is -0.258 e. The number of aromatic nitrogens is 1. The summed E-state index contributed by atoms with van der Waals surface area (Å²) in [4.78, 5) is 4.62. The molecule has 0 N–H and O–H groups in total. The summed E-state index contributed by atoms with van der Waals surface area (Å²) in [7, 11) is 0. The topological polar surface area (TPSA) is 12.9 Å². The SMILES string of the molecule is Cc1cc(C)nc(C2CCCC2)c1. The maximum absolute atomic E-state index is 4.62. The molecule has 0 unspecified atom stereocenters. The minimum absolute atomic E-state index is 0.749. The van der Waals surface area contributed by atoms with Gasteiger partial charge < -0.3 is 0 Å². The summed E-state index contributed by atoms with van der Waals surface area (Å²) in [6.07, 6.45) is 5.46. The van der Waals surface area contributed by atoms with Crippen LogP contribution in [0.4, 0.5) is 0 Å². The van der Waals surface area contributed by atoms with Gasteiger partial charge in [0.15, 0.2) is 0 Å². The van der Waals surface area contributed by atoms with Crippen LogP contribution in [0.2, 0.25) is 0 Å². The van der Waals surface area contributed by atoms with Gasteiger partial charge in [0.1, 0.15) is 0 Å². The van der Waals surface area contributed by atoms with Crippen LogP contribution in [-0.2, 0) is 0 Å². The molecule has 1 aromatic heterocycles. The van der Waals surface area contributed by atoms with E-state index in [1.165, 1.54) is 42.6 Å².